The van der Waals surface area contributed by atoms with Gasteiger partial charge in [-0.25, -0.2) is 0 Å². The minimum absolute atomic E-state index is 0.682. The van der Waals surface area contributed by atoms with E-state index in [1.165, 1.54) is 0 Å². The first-order chi connectivity index (χ1) is 6.74. The molecule has 0 aliphatic carbocycles. The highest BCUT2D eigenvalue weighted by atomic mass is 16.7. The minimum atomic E-state index is -0.682. The van der Waals surface area contributed by atoms with Crippen LogP contribution in [0.4, 0.5) is 0 Å². The molecule has 0 N–H and O–H groups in total. The molecule has 0 amide bonds. The quantitative estimate of drug-likeness (QED) is 0.710. The summed E-state index contributed by atoms with van der Waals surface area (Å²) in [5.41, 5.74) is 2.04. The fraction of sp³-hybridized carbons (Fsp3) is 0.167. The summed E-state index contributed by atoms with van der Waals surface area (Å²) < 4.78 is 10.8. The van der Waals surface area contributed by atoms with Crippen LogP contribution in [-0.4, -0.2) is 0 Å². The molecule has 2 nitrogen and oxygen atoms in total. The van der Waals surface area contributed by atoms with Crippen LogP contribution in [0.5, 0.6) is 0 Å². The van der Waals surface area contributed by atoms with Crippen molar-refractivity contribution in [1.82, 2.24) is 0 Å². The lowest BCUT2D eigenvalue weighted by molar-refractivity contribution is -0.133. The van der Waals surface area contributed by atoms with Crippen molar-refractivity contribution in [2.24, 2.45) is 0 Å². The topological polar surface area (TPSA) is 18.5 Å². The highest BCUT2D eigenvalue weighted by molar-refractivity contribution is 5.48. The Hall–Kier alpha value is -1.70. The summed E-state index contributed by atoms with van der Waals surface area (Å²) in [4.78, 5) is 0. The second-order valence-electron chi connectivity index (χ2n) is 3.28. The third-order valence-electron chi connectivity index (χ3n) is 2.29. The predicted molar refractivity (Wildman–Crippen MR) is 55.2 cm³/mol. The Morgan fingerprint density at radius 1 is 1.29 bits per heavy atom. The summed E-state index contributed by atoms with van der Waals surface area (Å²) in [5, 5.41) is 0. The molecule has 0 saturated heterocycles. The first kappa shape index (κ1) is 8.88. The number of hydrogen-bond acceptors (Lipinski definition) is 2. The van der Waals surface area contributed by atoms with Crippen LogP contribution in [0.3, 0.4) is 0 Å². The molecule has 2 heteroatoms. The predicted octanol–water partition coefficient (Wildman–Crippen LogP) is 3.02. The van der Waals surface area contributed by atoms with Gasteiger partial charge in [-0.1, -0.05) is 30.9 Å². The van der Waals surface area contributed by atoms with Crippen molar-refractivity contribution < 1.29 is 9.47 Å². The molecular weight excluding hydrogens is 176 g/mol. The molecule has 0 fully saturated rings. The van der Waals surface area contributed by atoms with Gasteiger partial charge in [0.1, 0.15) is 12.5 Å². The number of benzene rings is 1. The van der Waals surface area contributed by atoms with E-state index in [2.05, 4.69) is 6.58 Å². The summed E-state index contributed by atoms with van der Waals surface area (Å²) in [6.07, 6.45) is 4.91. The molecule has 0 unspecified atom stereocenters. The van der Waals surface area contributed by atoms with E-state index >= 15 is 0 Å². The second-order valence-corrected chi connectivity index (χ2v) is 3.28. The molecule has 0 spiro atoms. The molecular formula is C12H12O2. The Kier molecular flexibility index (Phi) is 2.04. The highest BCUT2D eigenvalue weighted by Crippen LogP contribution is 2.31. The summed E-state index contributed by atoms with van der Waals surface area (Å²) in [5.74, 6) is -0.682. The van der Waals surface area contributed by atoms with Crippen molar-refractivity contribution in [2.45, 2.75) is 12.7 Å². The number of rotatable bonds is 2. The van der Waals surface area contributed by atoms with E-state index in [0.29, 0.717) is 0 Å². The van der Waals surface area contributed by atoms with Gasteiger partial charge in [0.25, 0.3) is 5.79 Å². The Morgan fingerprint density at radius 3 is 2.64 bits per heavy atom. The molecule has 0 atom stereocenters. The Morgan fingerprint density at radius 2 is 2.00 bits per heavy atom. The first-order valence-corrected chi connectivity index (χ1v) is 4.48. The minimum Gasteiger partial charge on any atom is -0.453 e. The van der Waals surface area contributed by atoms with Crippen LogP contribution in [0.1, 0.15) is 18.1 Å². The molecule has 0 aromatic heterocycles. The zero-order valence-electron chi connectivity index (χ0n) is 8.07. The van der Waals surface area contributed by atoms with E-state index < -0.39 is 5.79 Å². The maximum absolute atomic E-state index is 5.39. The molecule has 0 bridgehead atoms. The van der Waals surface area contributed by atoms with Crippen LogP contribution >= 0.6 is 0 Å². The van der Waals surface area contributed by atoms with E-state index in [9.17, 15) is 0 Å². The molecule has 0 radical (unpaired) electrons. The lowest BCUT2D eigenvalue weighted by Crippen LogP contribution is -2.22. The van der Waals surface area contributed by atoms with Crippen molar-refractivity contribution in [1.29, 1.82) is 0 Å². The maximum Gasteiger partial charge on any atom is 0.273 e. The smallest absolute Gasteiger partial charge is 0.273 e. The van der Waals surface area contributed by atoms with Gasteiger partial charge in [-0.15, -0.1) is 0 Å². The van der Waals surface area contributed by atoms with Crippen LogP contribution in [0.25, 0.3) is 6.08 Å². The van der Waals surface area contributed by atoms with Gasteiger partial charge in [-0.2, -0.15) is 0 Å². The normalized spacial score (nSPS) is 17.2. The molecule has 1 aliphatic rings. The first-order valence-electron chi connectivity index (χ1n) is 4.48. The fourth-order valence-corrected chi connectivity index (χ4v) is 1.43. The summed E-state index contributed by atoms with van der Waals surface area (Å²) in [6, 6.07) is 7.92. The standard InChI is InChI=1S/C12H12O2/c1-3-10-5-4-6-11(9-10)12(2)13-7-8-14-12/h3-9H,1H2,2H3. The highest BCUT2D eigenvalue weighted by Gasteiger charge is 2.31. The molecule has 1 aromatic carbocycles. The van der Waals surface area contributed by atoms with Gasteiger partial charge in [0.05, 0.1) is 0 Å². The largest absolute Gasteiger partial charge is 0.453 e. The Balaban J connectivity index is 2.36. The molecule has 1 heterocycles. The maximum atomic E-state index is 5.39. The Bertz CT molecular complexity index is 372. The van der Waals surface area contributed by atoms with Crippen LogP contribution < -0.4 is 0 Å². The van der Waals surface area contributed by atoms with Crippen molar-refractivity contribution in [3.05, 3.63) is 54.5 Å². The summed E-state index contributed by atoms with van der Waals surface area (Å²) in [6.45, 7) is 5.61. The molecule has 1 aromatic rings. The summed E-state index contributed by atoms with van der Waals surface area (Å²) in [7, 11) is 0. The lowest BCUT2D eigenvalue weighted by Gasteiger charge is -2.23. The van der Waals surface area contributed by atoms with Gasteiger partial charge < -0.3 is 9.47 Å². The number of hydrogen-bond donors (Lipinski definition) is 0. The zero-order chi connectivity index (χ0) is 10.0. The average molecular weight is 188 g/mol. The fourth-order valence-electron chi connectivity index (χ4n) is 1.43. The van der Waals surface area contributed by atoms with Gasteiger partial charge in [0.15, 0.2) is 0 Å². The molecule has 0 saturated carbocycles. The Labute approximate surface area is 83.5 Å². The lowest BCUT2D eigenvalue weighted by atomic mass is 10.0. The van der Waals surface area contributed by atoms with Crippen LogP contribution in [0, 0.1) is 0 Å². The van der Waals surface area contributed by atoms with Crippen molar-refractivity contribution in [3.8, 4) is 0 Å². The molecule has 72 valence electrons. The van der Waals surface area contributed by atoms with E-state index in [1.807, 2.05) is 31.2 Å². The number of ether oxygens (including phenoxy) is 2. The molecule has 1 aliphatic heterocycles. The van der Waals surface area contributed by atoms with Crippen molar-refractivity contribution >= 4 is 6.08 Å². The van der Waals surface area contributed by atoms with Gasteiger partial charge in [-0.05, 0) is 11.6 Å². The monoisotopic (exact) mass is 188 g/mol. The van der Waals surface area contributed by atoms with Gasteiger partial charge in [0.2, 0.25) is 0 Å². The van der Waals surface area contributed by atoms with Gasteiger partial charge in [0, 0.05) is 12.5 Å². The van der Waals surface area contributed by atoms with E-state index in [-0.39, 0.29) is 0 Å². The third-order valence-corrected chi connectivity index (χ3v) is 2.29. The van der Waals surface area contributed by atoms with Crippen molar-refractivity contribution in [2.75, 3.05) is 0 Å². The van der Waals surface area contributed by atoms with E-state index in [0.717, 1.165) is 11.1 Å². The average Bonchev–Trinajstić information content (AvgIpc) is 2.67. The SMILES string of the molecule is C=Cc1cccc(C2(C)OC=CO2)c1. The zero-order valence-corrected chi connectivity index (χ0v) is 8.07. The van der Waals surface area contributed by atoms with E-state index in [4.69, 9.17) is 9.47 Å². The van der Waals surface area contributed by atoms with Gasteiger partial charge in [-0.3, -0.25) is 0 Å². The van der Waals surface area contributed by atoms with E-state index in [1.54, 1.807) is 18.6 Å². The third kappa shape index (κ3) is 1.39. The molecule has 2 rings (SSSR count). The van der Waals surface area contributed by atoms with Crippen LogP contribution in [0.2, 0.25) is 0 Å². The van der Waals surface area contributed by atoms with Gasteiger partial charge >= 0.3 is 0 Å². The second kappa shape index (κ2) is 3.22. The molecule has 14 heavy (non-hydrogen) atoms. The van der Waals surface area contributed by atoms with Crippen LogP contribution in [0.15, 0.2) is 43.4 Å². The van der Waals surface area contributed by atoms with Crippen molar-refractivity contribution in [3.63, 3.8) is 0 Å². The van der Waals surface area contributed by atoms with Crippen LogP contribution in [-0.2, 0) is 15.3 Å². The summed E-state index contributed by atoms with van der Waals surface area (Å²) >= 11 is 0.